The number of aromatic nitrogens is 3. The Kier molecular flexibility index (Phi) is 4.46. The molecule has 0 aliphatic heterocycles. The zero-order valence-corrected chi connectivity index (χ0v) is 14.0. The van der Waals surface area contributed by atoms with Crippen molar-refractivity contribution in [1.82, 2.24) is 14.6 Å². The van der Waals surface area contributed by atoms with Gasteiger partial charge in [0.15, 0.2) is 5.65 Å². The van der Waals surface area contributed by atoms with Gasteiger partial charge in [0.25, 0.3) is 0 Å². The molecule has 0 radical (unpaired) electrons. The van der Waals surface area contributed by atoms with Crippen molar-refractivity contribution in [2.24, 2.45) is 5.92 Å². The van der Waals surface area contributed by atoms with Gasteiger partial charge in [-0.2, -0.15) is 4.98 Å². The first-order valence-electron chi connectivity index (χ1n) is 7.86. The number of hydrogen-bond acceptors (Lipinski definition) is 4. The Balaban J connectivity index is 1.90. The Bertz CT molecular complexity index is 870. The van der Waals surface area contributed by atoms with E-state index in [0.717, 1.165) is 16.9 Å². The molecule has 6 heteroatoms. The van der Waals surface area contributed by atoms with Gasteiger partial charge in [0, 0.05) is 23.7 Å². The number of carbonyl (C=O) groups excluding carboxylic acids is 1. The molecule has 0 unspecified atom stereocenters. The highest BCUT2D eigenvalue weighted by atomic mass is 16.5. The van der Waals surface area contributed by atoms with E-state index in [9.17, 15) is 4.79 Å². The molecule has 0 saturated carbocycles. The third-order valence-electron chi connectivity index (χ3n) is 3.59. The predicted octanol–water partition coefficient (Wildman–Crippen LogP) is 3.39. The van der Waals surface area contributed by atoms with Crippen molar-refractivity contribution in [3.8, 4) is 16.9 Å². The molecule has 0 atom stereocenters. The van der Waals surface area contributed by atoms with Gasteiger partial charge in [-0.25, -0.2) is 4.52 Å². The first-order valence-corrected chi connectivity index (χ1v) is 7.86. The Morgan fingerprint density at radius 1 is 1.25 bits per heavy atom. The summed E-state index contributed by atoms with van der Waals surface area (Å²) in [5.74, 6) is 1.32. The zero-order chi connectivity index (χ0) is 17.1. The minimum Gasteiger partial charge on any atom is -0.496 e. The molecule has 3 aromatic rings. The van der Waals surface area contributed by atoms with Crippen LogP contribution in [0.4, 0.5) is 5.95 Å². The lowest BCUT2D eigenvalue weighted by molar-refractivity contribution is -0.116. The molecule has 24 heavy (non-hydrogen) atoms. The van der Waals surface area contributed by atoms with Crippen LogP contribution in [0.1, 0.15) is 20.3 Å². The van der Waals surface area contributed by atoms with Crippen LogP contribution >= 0.6 is 0 Å². The van der Waals surface area contributed by atoms with Crippen molar-refractivity contribution < 1.29 is 9.53 Å². The van der Waals surface area contributed by atoms with Gasteiger partial charge in [0.05, 0.1) is 7.11 Å². The van der Waals surface area contributed by atoms with Crippen LogP contribution < -0.4 is 10.1 Å². The molecule has 1 amide bonds. The van der Waals surface area contributed by atoms with E-state index in [-0.39, 0.29) is 5.91 Å². The molecular formula is C18H20N4O2. The number of pyridine rings is 1. The highest BCUT2D eigenvalue weighted by molar-refractivity contribution is 5.89. The molecule has 0 fully saturated rings. The SMILES string of the molecule is COc1ccccc1-c1ccc2nc(NC(=O)CC(C)C)nn2c1. The number of methoxy groups -OCH3 is 1. The number of amides is 1. The largest absolute Gasteiger partial charge is 0.496 e. The second kappa shape index (κ2) is 6.70. The van der Waals surface area contributed by atoms with Gasteiger partial charge in [-0.3, -0.25) is 10.1 Å². The lowest BCUT2D eigenvalue weighted by Crippen LogP contribution is -2.14. The monoisotopic (exact) mass is 324 g/mol. The number of hydrogen-bond donors (Lipinski definition) is 1. The topological polar surface area (TPSA) is 68.5 Å². The number of nitrogens with zero attached hydrogens (tertiary/aromatic N) is 3. The Labute approximate surface area is 140 Å². The number of nitrogens with one attached hydrogen (secondary N) is 1. The van der Waals surface area contributed by atoms with E-state index in [4.69, 9.17) is 4.74 Å². The van der Waals surface area contributed by atoms with E-state index in [1.54, 1.807) is 11.6 Å². The molecular weight excluding hydrogens is 304 g/mol. The van der Waals surface area contributed by atoms with E-state index >= 15 is 0 Å². The van der Waals surface area contributed by atoms with Gasteiger partial charge in [-0.1, -0.05) is 32.0 Å². The summed E-state index contributed by atoms with van der Waals surface area (Å²) in [7, 11) is 1.65. The van der Waals surface area contributed by atoms with Crippen LogP contribution in [0.5, 0.6) is 5.75 Å². The van der Waals surface area contributed by atoms with E-state index in [2.05, 4.69) is 15.4 Å². The number of fused-ring (bicyclic) bond motifs is 1. The van der Waals surface area contributed by atoms with E-state index < -0.39 is 0 Å². The first kappa shape index (κ1) is 16.0. The molecule has 1 N–H and O–H groups in total. The van der Waals surface area contributed by atoms with Crippen molar-refractivity contribution >= 4 is 17.5 Å². The van der Waals surface area contributed by atoms with Crippen LogP contribution in [0.25, 0.3) is 16.8 Å². The molecule has 0 spiro atoms. The predicted molar refractivity (Wildman–Crippen MR) is 93.1 cm³/mol. The van der Waals surface area contributed by atoms with Gasteiger partial charge in [0.2, 0.25) is 11.9 Å². The van der Waals surface area contributed by atoms with Crippen LogP contribution in [-0.4, -0.2) is 27.6 Å². The van der Waals surface area contributed by atoms with E-state index in [1.807, 2.05) is 56.4 Å². The summed E-state index contributed by atoms with van der Waals surface area (Å²) in [4.78, 5) is 16.2. The van der Waals surface area contributed by atoms with Crippen LogP contribution in [0.2, 0.25) is 0 Å². The van der Waals surface area contributed by atoms with Gasteiger partial charge < -0.3 is 4.74 Å². The van der Waals surface area contributed by atoms with E-state index in [0.29, 0.717) is 23.9 Å². The summed E-state index contributed by atoms with van der Waals surface area (Å²) >= 11 is 0. The highest BCUT2D eigenvalue weighted by Gasteiger charge is 2.11. The number of benzene rings is 1. The van der Waals surface area contributed by atoms with Crippen LogP contribution in [-0.2, 0) is 4.79 Å². The average Bonchev–Trinajstić information content (AvgIpc) is 2.94. The second-order valence-electron chi connectivity index (χ2n) is 6.00. The summed E-state index contributed by atoms with van der Waals surface area (Å²) in [6.45, 7) is 3.99. The quantitative estimate of drug-likeness (QED) is 0.781. The second-order valence-corrected chi connectivity index (χ2v) is 6.00. The van der Waals surface area contributed by atoms with Crippen molar-refractivity contribution in [2.45, 2.75) is 20.3 Å². The van der Waals surface area contributed by atoms with E-state index in [1.165, 1.54) is 0 Å². The number of carbonyl (C=O) groups is 1. The molecule has 6 nitrogen and oxygen atoms in total. The molecule has 2 heterocycles. The summed E-state index contributed by atoms with van der Waals surface area (Å²) in [6, 6.07) is 11.6. The lowest BCUT2D eigenvalue weighted by atomic mass is 10.1. The van der Waals surface area contributed by atoms with Crippen LogP contribution in [0, 0.1) is 5.92 Å². The van der Waals surface area contributed by atoms with Crippen LogP contribution in [0.15, 0.2) is 42.6 Å². The normalized spacial score (nSPS) is 11.0. The standard InChI is InChI=1S/C18H20N4O2/c1-12(2)10-17(23)20-18-19-16-9-8-13(11-22(16)21-18)14-6-4-5-7-15(14)24-3/h4-9,11-12H,10H2,1-3H3,(H,20,21,23). The van der Waals surface area contributed by atoms with Gasteiger partial charge in [0.1, 0.15) is 5.75 Å². The van der Waals surface area contributed by atoms with Crippen molar-refractivity contribution in [3.63, 3.8) is 0 Å². The fourth-order valence-electron chi connectivity index (χ4n) is 2.53. The molecule has 1 aromatic carbocycles. The molecule has 0 aliphatic carbocycles. The average molecular weight is 324 g/mol. The maximum Gasteiger partial charge on any atom is 0.249 e. The Morgan fingerprint density at radius 3 is 2.79 bits per heavy atom. The fourth-order valence-corrected chi connectivity index (χ4v) is 2.53. The maximum atomic E-state index is 11.9. The smallest absolute Gasteiger partial charge is 0.249 e. The molecule has 3 rings (SSSR count). The van der Waals surface area contributed by atoms with Gasteiger partial charge in [-0.15, -0.1) is 5.10 Å². The molecule has 2 aromatic heterocycles. The number of anilines is 1. The third-order valence-corrected chi connectivity index (χ3v) is 3.59. The Hall–Kier alpha value is -2.89. The van der Waals surface area contributed by atoms with Crippen molar-refractivity contribution in [3.05, 3.63) is 42.6 Å². The number of ether oxygens (including phenoxy) is 1. The molecule has 0 aliphatic rings. The lowest BCUT2D eigenvalue weighted by Gasteiger charge is -2.08. The zero-order valence-electron chi connectivity index (χ0n) is 14.0. The summed E-state index contributed by atoms with van der Waals surface area (Å²) in [5, 5.41) is 7.07. The molecule has 0 bridgehead atoms. The van der Waals surface area contributed by atoms with Gasteiger partial charge >= 0.3 is 0 Å². The minimum absolute atomic E-state index is 0.0779. The highest BCUT2D eigenvalue weighted by Crippen LogP contribution is 2.29. The number of para-hydroxylation sites is 1. The first-order chi connectivity index (χ1) is 11.6. The Morgan fingerprint density at radius 2 is 2.04 bits per heavy atom. The van der Waals surface area contributed by atoms with Crippen LogP contribution in [0.3, 0.4) is 0 Å². The minimum atomic E-state index is -0.0779. The summed E-state index contributed by atoms with van der Waals surface area (Å²) in [5.41, 5.74) is 2.61. The van der Waals surface area contributed by atoms with Crippen molar-refractivity contribution in [2.75, 3.05) is 12.4 Å². The fraction of sp³-hybridized carbons (Fsp3) is 0.278. The summed E-state index contributed by atoms with van der Waals surface area (Å²) < 4.78 is 7.06. The summed E-state index contributed by atoms with van der Waals surface area (Å²) in [6.07, 6.45) is 2.32. The number of rotatable bonds is 5. The van der Waals surface area contributed by atoms with Crippen molar-refractivity contribution in [1.29, 1.82) is 0 Å². The van der Waals surface area contributed by atoms with Gasteiger partial charge in [-0.05, 0) is 24.1 Å². The molecule has 0 saturated heterocycles. The maximum absolute atomic E-state index is 11.9. The molecule has 124 valence electrons. The third kappa shape index (κ3) is 3.37.